The summed E-state index contributed by atoms with van der Waals surface area (Å²) in [6, 6.07) is 15.3. The van der Waals surface area contributed by atoms with Crippen molar-refractivity contribution in [1.29, 1.82) is 0 Å². The third-order valence-electron chi connectivity index (χ3n) is 4.25. The zero-order valence-corrected chi connectivity index (χ0v) is 12.6. The van der Waals surface area contributed by atoms with Crippen molar-refractivity contribution in [2.45, 2.75) is 25.3 Å². The van der Waals surface area contributed by atoms with Gasteiger partial charge in [-0.1, -0.05) is 36.4 Å². The quantitative estimate of drug-likeness (QED) is 0.815. The first kappa shape index (κ1) is 14.6. The van der Waals surface area contributed by atoms with E-state index in [9.17, 15) is 9.90 Å². The van der Waals surface area contributed by atoms with E-state index >= 15 is 0 Å². The molecule has 1 aliphatic carbocycles. The molecule has 0 spiro atoms. The Labute approximate surface area is 130 Å². The Hall–Kier alpha value is -2.33. The van der Waals surface area contributed by atoms with Crippen molar-refractivity contribution < 1.29 is 9.90 Å². The number of nitrogens with one attached hydrogen (secondary N) is 2. The molecule has 1 aliphatic rings. The highest BCUT2D eigenvalue weighted by Gasteiger charge is 2.39. The van der Waals surface area contributed by atoms with Crippen LogP contribution in [-0.2, 0) is 12.0 Å². The number of hydrogen-bond acceptors (Lipinski definition) is 2. The van der Waals surface area contributed by atoms with Crippen molar-refractivity contribution in [3.05, 3.63) is 65.2 Å². The predicted molar refractivity (Wildman–Crippen MR) is 86.9 cm³/mol. The highest BCUT2D eigenvalue weighted by molar-refractivity contribution is 5.90. The minimum absolute atomic E-state index is 0.106. The van der Waals surface area contributed by atoms with Crippen molar-refractivity contribution in [2.75, 3.05) is 11.9 Å². The number of benzene rings is 2. The summed E-state index contributed by atoms with van der Waals surface area (Å²) in [7, 11) is 0. The molecule has 114 valence electrons. The lowest BCUT2D eigenvalue weighted by Gasteiger charge is -2.29. The number of urea groups is 1. The van der Waals surface area contributed by atoms with E-state index in [1.54, 1.807) is 0 Å². The maximum Gasteiger partial charge on any atom is 0.320 e. The second kappa shape index (κ2) is 5.81. The molecule has 2 amide bonds. The van der Waals surface area contributed by atoms with Crippen molar-refractivity contribution in [1.82, 2.24) is 5.32 Å². The maximum absolute atomic E-state index is 12.3. The van der Waals surface area contributed by atoms with Crippen LogP contribution in [0.3, 0.4) is 0 Å². The molecule has 2 aromatic carbocycles. The van der Waals surface area contributed by atoms with Crippen LogP contribution < -0.4 is 10.6 Å². The number of aryl methyl sites for hydroxylation is 2. The number of aliphatic hydroxyl groups excluding tert-OH is 1. The molecule has 0 radical (unpaired) electrons. The summed E-state index contributed by atoms with van der Waals surface area (Å²) in [6.07, 6.45) is 1.57. The average molecular weight is 296 g/mol. The Morgan fingerprint density at radius 2 is 2.05 bits per heavy atom. The first-order chi connectivity index (χ1) is 10.6. The number of hydrogen-bond donors (Lipinski definition) is 3. The average Bonchev–Trinajstić information content (AvgIpc) is 2.87. The first-order valence-corrected chi connectivity index (χ1v) is 7.48. The summed E-state index contributed by atoms with van der Waals surface area (Å²) in [5.41, 5.74) is 3.34. The number of amides is 2. The Morgan fingerprint density at radius 1 is 1.23 bits per heavy atom. The summed E-state index contributed by atoms with van der Waals surface area (Å²) in [4.78, 5) is 12.3. The number of anilines is 1. The van der Waals surface area contributed by atoms with Crippen LogP contribution in [0.15, 0.2) is 48.5 Å². The van der Waals surface area contributed by atoms with Gasteiger partial charge in [-0.3, -0.25) is 0 Å². The standard InChI is InChI=1S/C18H20N2O2/c1-13-5-4-7-15(11-13)19-17(22)20-18(12-21)10-9-14-6-2-3-8-16(14)18/h2-8,11,21H,9-10,12H2,1H3,(H2,19,20,22). The lowest BCUT2D eigenvalue weighted by molar-refractivity contribution is 0.164. The topological polar surface area (TPSA) is 61.4 Å². The monoisotopic (exact) mass is 296 g/mol. The van der Waals surface area contributed by atoms with Crippen LogP contribution in [0.1, 0.15) is 23.1 Å². The number of aliphatic hydroxyl groups is 1. The van der Waals surface area contributed by atoms with E-state index in [0.29, 0.717) is 6.42 Å². The molecule has 1 unspecified atom stereocenters. The molecular weight excluding hydrogens is 276 g/mol. The number of fused-ring (bicyclic) bond motifs is 1. The van der Waals surface area contributed by atoms with Gasteiger partial charge in [-0.05, 0) is 48.6 Å². The van der Waals surface area contributed by atoms with Crippen LogP contribution in [0.4, 0.5) is 10.5 Å². The summed E-state index contributed by atoms with van der Waals surface area (Å²) >= 11 is 0. The molecule has 0 heterocycles. The van der Waals surface area contributed by atoms with E-state index in [2.05, 4.69) is 10.6 Å². The zero-order chi connectivity index (χ0) is 15.6. The molecule has 0 saturated heterocycles. The SMILES string of the molecule is Cc1cccc(NC(=O)NC2(CO)CCc3ccccc32)c1. The van der Waals surface area contributed by atoms with Crippen molar-refractivity contribution in [3.8, 4) is 0 Å². The second-order valence-corrected chi connectivity index (χ2v) is 5.85. The molecule has 22 heavy (non-hydrogen) atoms. The fourth-order valence-corrected chi connectivity index (χ4v) is 3.12. The van der Waals surface area contributed by atoms with E-state index in [0.717, 1.165) is 23.2 Å². The summed E-state index contributed by atoms with van der Waals surface area (Å²) in [6.45, 7) is 1.87. The highest BCUT2D eigenvalue weighted by Crippen LogP contribution is 2.36. The molecule has 1 atom stereocenters. The Bertz CT molecular complexity index is 699. The van der Waals surface area contributed by atoms with Gasteiger partial charge in [0.15, 0.2) is 0 Å². The molecule has 3 N–H and O–H groups in total. The van der Waals surface area contributed by atoms with Gasteiger partial charge < -0.3 is 15.7 Å². The van der Waals surface area contributed by atoms with E-state index < -0.39 is 5.54 Å². The first-order valence-electron chi connectivity index (χ1n) is 7.48. The van der Waals surface area contributed by atoms with Gasteiger partial charge in [0.1, 0.15) is 0 Å². The molecule has 0 aromatic heterocycles. The predicted octanol–water partition coefficient (Wildman–Crippen LogP) is 2.95. The van der Waals surface area contributed by atoms with Gasteiger partial charge in [-0.25, -0.2) is 4.79 Å². The highest BCUT2D eigenvalue weighted by atomic mass is 16.3. The minimum Gasteiger partial charge on any atom is -0.394 e. The van der Waals surface area contributed by atoms with Crippen LogP contribution in [0.5, 0.6) is 0 Å². The molecule has 2 aromatic rings. The molecule has 0 aliphatic heterocycles. The summed E-state index contributed by atoms with van der Waals surface area (Å²) < 4.78 is 0. The van der Waals surface area contributed by atoms with Crippen LogP contribution in [0, 0.1) is 6.92 Å². The lowest BCUT2D eigenvalue weighted by atomic mass is 9.93. The maximum atomic E-state index is 12.3. The van der Waals surface area contributed by atoms with Gasteiger partial charge in [0.2, 0.25) is 0 Å². The van der Waals surface area contributed by atoms with Crippen molar-refractivity contribution in [3.63, 3.8) is 0 Å². The fraction of sp³-hybridized carbons (Fsp3) is 0.278. The van der Waals surface area contributed by atoms with Crippen LogP contribution >= 0.6 is 0 Å². The second-order valence-electron chi connectivity index (χ2n) is 5.85. The van der Waals surface area contributed by atoms with Crippen molar-refractivity contribution in [2.24, 2.45) is 0 Å². The largest absolute Gasteiger partial charge is 0.394 e. The normalized spacial score (nSPS) is 19.5. The van der Waals surface area contributed by atoms with E-state index in [1.165, 1.54) is 5.56 Å². The number of carbonyl (C=O) groups is 1. The molecular formula is C18H20N2O2. The van der Waals surface area contributed by atoms with E-state index in [1.807, 2.05) is 55.5 Å². The Kier molecular flexibility index (Phi) is 3.86. The molecule has 4 heteroatoms. The van der Waals surface area contributed by atoms with Crippen LogP contribution in [0.2, 0.25) is 0 Å². The number of carbonyl (C=O) groups excluding carboxylic acids is 1. The van der Waals surface area contributed by atoms with Gasteiger partial charge in [0, 0.05) is 5.69 Å². The van der Waals surface area contributed by atoms with Gasteiger partial charge in [0.05, 0.1) is 12.1 Å². The smallest absolute Gasteiger partial charge is 0.320 e. The third-order valence-corrected chi connectivity index (χ3v) is 4.25. The molecule has 0 fully saturated rings. The zero-order valence-electron chi connectivity index (χ0n) is 12.6. The van der Waals surface area contributed by atoms with E-state index in [-0.39, 0.29) is 12.6 Å². The van der Waals surface area contributed by atoms with Crippen LogP contribution in [-0.4, -0.2) is 17.7 Å². The molecule has 4 nitrogen and oxygen atoms in total. The Morgan fingerprint density at radius 3 is 2.82 bits per heavy atom. The Balaban J connectivity index is 1.78. The lowest BCUT2D eigenvalue weighted by Crippen LogP contribution is -2.48. The van der Waals surface area contributed by atoms with Gasteiger partial charge in [0.25, 0.3) is 0 Å². The van der Waals surface area contributed by atoms with Crippen molar-refractivity contribution >= 4 is 11.7 Å². The third kappa shape index (κ3) is 2.70. The fourth-order valence-electron chi connectivity index (χ4n) is 3.12. The van der Waals surface area contributed by atoms with Gasteiger partial charge in [-0.15, -0.1) is 0 Å². The molecule has 0 bridgehead atoms. The van der Waals surface area contributed by atoms with Gasteiger partial charge >= 0.3 is 6.03 Å². The number of rotatable bonds is 3. The van der Waals surface area contributed by atoms with Gasteiger partial charge in [-0.2, -0.15) is 0 Å². The van der Waals surface area contributed by atoms with Crippen LogP contribution in [0.25, 0.3) is 0 Å². The summed E-state index contributed by atoms with van der Waals surface area (Å²) in [5.74, 6) is 0. The van der Waals surface area contributed by atoms with E-state index in [4.69, 9.17) is 0 Å². The summed E-state index contributed by atoms with van der Waals surface area (Å²) in [5, 5.41) is 15.7. The molecule has 0 saturated carbocycles. The minimum atomic E-state index is -0.690. The molecule has 3 rings (SSSR count).